The van der Waals surface area contributed by atoms with Gasteiger partial charge in [0, 0.05) is 6.07 Å². The molecule has 0 aromatic heterocycles. The van der Waals surface area contributed by atoms with Crippen molar-refractivity contribution >= 4 is 5.69 Å². The van der Waals surface area contributed by atoms with Crippen LogP contribution < -0.4 is 4.74 Å². The Balaban J connectivity index is 2.85. The SMILES string of the molecule is CC(C)Oc1c[c]cc([N+](=O)[O-])c1. The van der Waals surface area contributed by atoms with Crippen LogP contribution in [-0.2, 0) is 0 Å². The van der Waals surface area contributed by atoms with Crippen molar-refractivity contribution in [3.8, 4) is 5.75 Å². The highest BCUT2D eigenvalue weighted by Gasteiger charge is 2.06. The molecule has 0 saturated heterocycles. The minimum Gasteiger partial charge on any atom is -0.491 e. The van der Waals surface area contributed by atoms with Crippen molar-refractivity contribution in [2.24, 2.45) is 0 Å². The van der Waals surface area contributed by atoms with Crippen LogP contribution in [0.5, 0.6) is 5.75 Å². The number of nitrogens with zero attached hydrogens (tertiary/aromatic N) is 1. The number of rotatable bonds is 3. The lowest BCUT2D eigenvalue weighted by molar-refractivity contribution is -0.385. The molecule has 4 heteroatoms. The summed E-state index contributed by atoms with van der Waals surface area (Å²) in [7, 11) is 0. The molecule has 1 rings (SSSR count). The molecule has 0 bridgehead atoms. The quantitative estimate of drug-likeness (QED) is 0.529. The number of non-ortho nitro benzene ring substituents is 1. The summed E-state index contributed by atoms with van der Waals surface area (Å²) in [6.07, 6.45) is 0.00963. The van der Waals surface area contributed by atoms with Crippen molar-refractivity contribution in [2.45, 2.75) is 20.0 Å². The summed E-state index contributed by atoms with van der Waals surface area (Å²) < 4.78 is 5.27. The van der Waals surface area contributed by atoms with Crippen molar-refractivity contribution in [3.05, 3.63) is 34.4 Å². The molecule has 1 radical (unpaired) electrons. The molecule has 13 heavy (non-hydrogen) atoms. The fourth-order valence-electron chi connectivity index (χ4n) is 0.884. The average molecular weight is 180 g/mol. The van der Waals surface area contributed by atoms with Gasteiger partial charge in [0.25, 0.3) is 5.69 Å². The number of nitro groups is 1. The smallest absolute Gasteiger partial charge is 0.273 e. The Labute approximate surface area is 76.3 Å². The largest absolute Gasteiger partial charge is 0.491 e. The zero-order chi connectivity index (χ0) is 9.84. The Morgan fingerprint density at radius 2 is 2.23 bits per heavy atom. The van der Waals surface area contributed by atoms with E-state index in [-0.39, 0.29) is 11.8 Å². The number of hydrogen-bond donors (Lipinski definition) is 0. The summed E-state index contributed by atoms with van der Waals surface area (Å²) >= 11 is 0. The van der Waals surface area contributed by atoms with Crippen molar-refractivity contribution in [1.29, 1.82) is 0 Å². The molecule has 4 nitrogen and oxygen atoms in total. The van der Waals surface area contributed by atoms with Crippen molar-refractivity contribution < 1.29 is 9.66 Å². The van der Waals surface area contributed by atoms with Gasteiger partial charge in [-0.05, 0) is 26.0 Å². The highest BCUT2D eigenvalue weighted by molar-refractivity contribution is 5.37. The Morgan fingerprint density at radius 3 is 2.77 bits per heavy atom. The van der Waals surface area contributed by atoms with E-state index in [1.165, 1.54) is 12.1 Å². The van der Waals surface area contributed by atoms with Gasteiger partial charge in [-0.1, -0.05) is 0 Å². The van der Waals surface area contributed by atoms with E-state index in [0.717, 1.165) is 0 Å². The molecule has 0 saturated carbocycles. The van der Waals surface area contributed by atoms with E-state index in [0.29, 0.717) is 5.75 Å². The minimum absolute atomic E-state index is 0.00171. The van der Waals surface area contributed by atoms with E-state index >= 15 is 0 Å². The predicted octanol–water partition coefficient (Wildman–Crippen LogP) is 2.18. The third-order valence-corrected chi connectivity index (χ3v) is 1.33. The number of benzene rings is 1. The van der Waals surface area contributed by atoms with Crippen LogP contribution in [0.1, 0.15) is 13.8 Å². The van der Waals surface area contributed by atoms with E-state index < -0.39 is 4.92 Å². The molecule has 1 aromatic carbocycles. The van der Waals surface area contributed by atoms with E-state index in [1.54, 1.807) is 6.07 Å². The second-order valence-corrected chi connectivity index (χ2v) is 2.85. The van der Waals surface area contributed by atoms with Crippen molar-refractivity contribution in [2.75, 3.05) is 0 Å². The summed E-state index contributed by atoms with van der Waals surface area (Å²) in [5.41, 5.74) is -0.00171. The Hall–Kier alpha value is -1.58. The van der Waals surface area contributed by atoms with Gasteiger partial charge in [0.1, 0.15) is 5.75 Å². The fraction of sp³-hybridized carbons (Fsp3) is 0.333. The van der Waals surface area contributed by atoms with Crippen LogP contribution >= 0.6 is 0 Å². The molecule has 0 N–H and O–H groups in total. The maximum atomic E-state index is 10.4. The Bertz CT molecular complexity index is 309. The third-order valence-electron chi connectivity index (χ3n) is 1.33. The summed E-state index contributed by atoms with van der Waals surface area (Å²) in [4.78, 5) is 9.90. The van der Waals surface area contributed by atoms with Gasteiger partial charge in [-0.2, -0.15) is 0 Å². The third kappa shape index (κ3) is 2.74. The van der Waals surface area contributed by atoms with E-state index in [2.05, 4.69) is 6.07 Å². The maximum absolute atomic E-state index is 10.4. The van der Waals surface area contributed by atoms with E-state index in [4.69, 9.17) is 4.74 Å². The Morgan fingerprint density at radius 1 is 1.54 bits per heavy atom. The summed E-state index contributed by atoms with van der Waals surface area (Å²) in [6, 6.07) is 6.92. The molecule has 0 heterocycles. The van der Waals surface area contributed by atoms with Gasteiger partial charge in [0.2, 0.25) is 0 Å². The summed E-state index contributed by atoms with van der Waals surface area (Å²) in [5.74, 6) is 0.476. The second-order valence-electron chi connectivity index (χ2n) is 2.85. The molecular weight excluding hydrogens is 170 g/mol. The first-order valence-electron chi connectivity index (χ1n) is 3.92. The molecule has 1 aromatic rings. The average Bonchev–Trinajstić information content (AvgIpc) is 2.03. The first-order chi connectivity index (χ1) is 6.09. The van der Waals surface area contributed by atoms with Crippen LogP contribution in [-0.4, -0.2) is 11.0 Å². The topological polar surface area (TPSA) is 52.4 Å². The molecule has 0 unspecified atom stereocenters. The molecular formula is C9H10NO3. The molecule has 0 aliphatic carbocycles. The highest BCUT2D eigenvalue weighted by atomic mass is 16.6. The molecule has 0 amide bonds. The van der Waals surface area contributed by atoms with Gasteiger partial charge in [-0.15, -0.1) is 0 Å². The molecule has 0 spiro atoms. The predicted molar refractivity (Wildman–Crippen MR) is 47.7 cm³/mol. The molecule has 0 aliphatic rings. The maximum Gasteiger partial charge on any atom is 0.273 e. The minimum atomic E-state index is -0.469. The monoisotopic (exact) mass is 180 g/mol. The number of hydrogen-bond acceptors (Lipinski definition) is 3. The Kier molecular flexibility index (Phi) is 2.84. The number of ether oxygens (including phenoxy) is 1. The zero-order valence-electron chi connectivity index (χ0n) is 7.48. The number of nitro benzene ring substituents is 1. The van der Waals surface area contributed by atoms with Crippen LogP contribution in [0, 0.1) is 16.2 Å². The summed E-state index contributed by atoms with van der Waals surface area (Å²) in [6.45, 7) is 3.72. The van der Waals surface area contributed by atoms with Crippen molar-refractivity contribution in [1.82, 2.24) is 0 Å². The zero-order valence-corrected chi connectivity index (χ0v) is 7.48. The highest BCUT2D eigenvalue weighted by Crippen LogP contribution is 2.19. The second kappa shape index (κ2) is 3.89. The van der Waals surface area contributed by atoms with Crippen LogP contribution in [0.25, 0.3) is 0 Å². The van der Waals surface area contributed by atoms with Gasteiger partial charge in [0.15, 0.2) is 0 Å². The fourth-order valence-corrected chi connectivity index (χ4v) is 0.884. The van der Waals surface area contributed by atoms with E-state index in [1.807, 2.05) is 13.8 Å². The lowest BCUT2D eigenvalue weighted by Crippen LogP contribution is -2.05. The van der Waals surface area contributed by atoms with E-state index in [9.17, 15) is 10.1 Å². The molecule has 0 aliphatic heterocycles. The van der Waals surface area contributed by atoms with Crippen LogP contribution in [0.2, 0.25) is 0 Å². The van der Waals surface area contributed by atoms with Gasteiger partial charge < -0.3 is 4.74 Å². The van der Waals surface area contributed by atoms with Crippen LogP contribution in [0.3, 0.4) is 0 Å². The molecule has 69 valence electrons. The van der Waals surface area contributed by atoms with Gasteiger partial charge >= 0.3 is 0 Å². The normalized spacial score (nSPS) is 10.1. The van der Waals surface area contributed by atoms with Crippen LogP contribution in [0.4, 0.5) is 5.69 Å². The first kappa shape index (κ1) is 9.51. The van der Waals surface area contributed by atoms with Crippen molar-refractivity contribution in [3.63, 3.8) is 0 Å². The van der Waals surface area contributed by atoms with Gasteiger partial charge in [0.05, 0.1) is 17.1 Å². The van der Waals surface area contributed by atoms with Gasteiger partial charge in [-0.25, -0.2) is 0 Å². The van der Waals surface area contributed by atoms with Gasteiger partial charge in [-0.3, -0.25) is 10.1 Å². The molecule has 0 fully saturated rings. The molecule has 0 atom stereocenters. The lowest BCUT2D eigenvalue weighted by atomic mass is 10.3. The standard InChI is InChI=1S/C9H10NO3/c1-7(2)13-9-5-3-4-8(6-9)10(11)12/h4-7H,1-2H3. The van der Waals surface area contributed by atoms with Crippen LogP contribution in [0.15, 0.2) is 18.2 Å². The summed E-state index contributed by atoms with van der Waals surface area (Å²) in [5, 5.41) is 10.4. The lowest BCUT2D eigenvalue weighted by Gasteiger charge is -2.08. The first-order valence-corrected chi connectivity index (χ1v) is 3.92.